The van der Waals surface area contributed by atoms with Crippen LogP contribution in [0.4, 0.5) is 0 Å². The maximum absolute atomic E-state index is 11.0. The zero-order chi connectivity index (χ0) is 13.0. The summed E-state index contributed by atoms with van der Waals surface area (Å²) in [5.41, 5.74) is 0.241. The quantitative estimate of drug-likeness (QED) is 0.873. The number of nitrogens with one attached hydrogen (secondary N) is 1. The Kier molecular flexibility index (Phi) is 4.54. The molecule has 4 heteroatoms. The molecule has 3 nitrogen and oxygen atoms in total. The van der Waals surface area contributed by atoms with E-state index in [0.29, 0.717) is 0 Å². The Morgan fingerprint density at radius 1 is 1.56 bits per heavy atom. The van der Waals surface area contributed by atoms with E-state index in [1.807, 2.05) is 43.1 Å². The number of hydrogen-bond donors (Lipinski definition) is 2. The lowest BCUT2D eigenvalue weighted by Crippen LogP contribution is -2.44. The van der Waals surface area contributed by atoms with Crippen LogP contribution in [0, 0.1) is 5.92 Å². The predicted octanol–water partition coefficient (Wildman–Crippen LogP) is 1.86. The highest BCUT2D eigenvalue weighted by molar-refractivity contribution is 7.99. The summed E-state index contributed by atoms with van der Waals surface area (Å²) in [4.78, 5) is 0. The zero-order valence-corrected chi connectivity index (χ0v) is 11.8. The van der Waals surface area contributed by atoms with Gasteiger partial charge in [0.05, 0.1) is 12.7 Å². The molecule has 1 heterocycles. The van der Waals surface area contributed by atoms with Crippen molar-refractivity contribution in [3.8, 4) is 5.75 Å². The van der Waals surface area contributed by atoms with Gasteiger partial charge in [-0.15, -0.1) is 0 Å². The van der Waals surface area contributed by atoms with Crippen LogP contribution in [-0.4, -0.2) is 37.3 Å². The van der Waals surface area contributed by atoms with E-state index in [4.69, 9.17) is 4.74 Å². The molecule has 2 rings (SSSR count). The molecule has 2 atom stereocenters. The van der Waals surface area contributed by atoms with E-state index in [2.05, 4.69) is 5.32 Å². The van der Waals surface area contributed by atoms with Crippen molar-refractivity contribution in [1.29, 1.82) is 0 Å². The molecule has 0 bridgehead atoms. The van der Waals surface area contributed by atoms with Gasteiger partial charge in [0.1, 0.15) is 5.75 Å². The van der Waals surface area contributed by atoms with Gasteiger partial charge in [0.25, 0.3) is 0 Å². The standard InChI is InChI=1S/C14H21NO2S/c1-15-9-12-10-18-7-6-14(12,16)11-4-3-5-13(8-11)17-2/h3-5,8,12,15-16H,6-7,9-10H2,1-2H3/t12-,14+/m0/s1. The van der Waals surface area contributed by atoms with Gasteiger partial charge < -0.3 is 15.2 Å². The second kappa shape index (κ2) is 5.95. The Hall–Kier alpha value is -0.710. The molecule has 1 fully saturated rings. The molecule has 100 valence electrons. The van der Waals surface area contributed by atoms with E-state index in [-0.39, 0.29) is 5.92 Å². The summed E-state index contributed by atoms with van der Waals surface area (Å²) in [5.74, 6) is 3.05. The summed E-state index contributed by atoms with van der Waals surface area (Å²) in [6.45, 7) is 0.834. The molecule has 0 aliphatic carbocycles. The Morgan fingerprint density at radius 3 is 3.11 bits per heavy atom. The fourth-order valence-electron chi connectivity index (χ4n) is 2.54. The van der Waals surface area contributed by atoms with Gasteiger partial charge in [-0.05, 0) is 36.9 Å². The van der Waals surface area contributed by atoms with Gasteiger partial charge in [0, 0.05) is 18.2 Å². The molecule has 0 spiro atoms. The van der Waals surface area contributed by atoms with Crippen molar-refractivity contribution in [3.63, 3.8) is 0 Å². The van der Waals surface area contributed by atoms with Crippen LogP contribution >= 0.6 is 11.8 Å². The van der Waals surface area contributed by atoms with Crippen molar-refractivity contribution in [2.24, 2.45) is 5.92 Å². The van der Waals surface area contributed by atoms with Gasteiger partial charge in [-0.2, -0.15) is 11.8 Å². The second-order valence-corrected chi connectivity index (χ2v) is 5.89. The van der Waals surface area contributed by atoms with Gasteiger partial charge in [-0.25, -0.2) is 0 Å². The maximum atomic E-state index is 11.0. The third kappa shape index (κ3) is 2.66. The van der Waals surface area contributed by atoms with Crippen LogP contribution in [0.1, 0.15) is 12.0 Å². The summed E-state index contributed by atoms with van der Waals surface area (Å²) in [5, 5.41) is 14.2. The topological polar surface area (TPSA) is 41.5 Å². The summed E-state index contributed by atoms with van der Waals surface area (Å²) < 4.78 is 5.25. The number of methoxy groups -OCH3 is 1. The third-order valence-corrected chi connectivity index (χ3v) is 4.77. The van der Waals surface area contributed by atoms with Crippen LogP contribution in [-0.2, 0) is 5.60 Å². The lowest BCUT2D eigenvalue weighted by Gasteiger charge is -2.40. The van der Waals surface area contributed by atoms with Gasteiger partial charge in [-0.1, -0.05) is 12.1 Å². The highest BCUT2D eigenvalue weighted by Crippen LogP contribution is 2.40. The molecular formula is C14H21NO2S. The molecule has 0 aromatic heterocycles. The fourth-order valence-corrected chi connectivity index (χ4v) is 3.84. The number of ether oxygens (including phenoxy) is 1. The Morgan fingerprint density at radius 2 is 2.39 bits per heavy atom. The van der Waals surface area contributed by atoms with Crippen LogP contribution < -0.4 is 10.1 Å². The van der Waals surface area contributed by atoms with Gasteiger partial charge >= 0.3 is 0 Å². The molecule has 2 N–H and O–H groups in total. The van der Waals surface area contributed by atoms with Crippen molar-refractivity contribution < 1.29 is 9.84 Å². The Bertz CT molecular complexity index is 397. The van der Waals surface area contributed by atoms with Crippen molar-refractivity contribution in [2.75, 3.05) is 32.2 Å². The molecule has 18 heavy (non-hydrogen) atoms. The van der Waals surface area contributed by atoms with Crippen LogP contribution in [0.25, 0.3) is 0 Å². The SMILES string of the molecule is CNC[C@H]1CSCC[C@@]1(O)c1cccc(OC)c1. The van der Waals surface area contributed by atoms with Crippen molar-refractivity contribution in [1.82, 2.24) is 5.32 Å². The van der Waals surface area contributed by atoms with Crippen molar-refractivity contribution >= 4 is 11.8 Å². The molecule has 1 aliphatic rings. The number of aliphatic hydroxyl groups is 1. The number of benzene rings is 1. The number of hydrogen-bond acceptors (Lipinski definition) is 4. The number of thioether (sulfide) groups is 1. The van der Waals surface area contributed by atoms with E-state index >= 15 is 0 Å². The molecule has 1 aromatic carbocycles. The van der Waals surface area contributed by atoms with Gasteiger partial charge in [0.2, 0.25) is 0 Å². The molecule has 0 amide bonds. The summed E-state index contributed by atoms with van der Waals surface area (Å²) in [6, 6.07) is 7.82. The molecule has 1 aromatic rings. The summed E-state index contributed by atoms with van der Waals surface area (Å²) in [7, 11) is 3.59. The summed E-state index contributed by atoms with van der Waals surface area (Å²) >= 11 is 1.92. The maximum Gasteiger partial charge on any atom is 0.119 e. The molecule has 1 aliphatic heterocycles. The van der Waals surface area contributed by atoms with Crippen LogP contribution in [0.15, 0.2) is 24.3 Å². The first-order chi connectivity index (χ1) is 8.70. The minimum Gasteiger partial charge on any atom is -0.497 e. The van der Waals surface area contributed by atoms with Crippen molar-refractivity contribution in [3.05, 3.63) is 29.8 Å². The number of rotatable bonds is 4. The normalized spacial score (nSPS) is 28.1. The van der Waals surface area contributed by atoms with Crippen LogP contribution in [0.5, 0.6) is 5.75 Å². The fraction of sp³-hybridized carbons (Fsp3) is 0.571. The average molecular weight is 267 g/mol. The highest BCUT2D eigenvalue weighted by Gasteiger charge is 2.40. The van der Waals surface area contributed by atoms with Crippen LogP contribution in [0.2, 0.25) is 0 Å². The minimum absolute atomic E-state index is 0.244. The smallest absolute Gasteiger partial charge is 0.119 e. The third-order valence-electron chi connectivity index (χ3n) is 3.64. The predicted molar refractivity (Wildman–Crippen MR) is 76.2 cm³/mol. The largest absolute Gasteiger partial charge is 0.497 e. The molecule has 1 saturated heterocycles. The molecule has 0 radical (unpaired) electrons. The molecular weight excluding hydrogens is 246 g/mol. The van der Waals surface area contributed by atoms with E-state index < -0.39 is 5.60 Å². The van der Waals surface area contributed by atoms with Crippen molar-refractivity contribution in [2.45, 2.75) is 12.0 Å². The highest BCUT2D eigenvalue weighted by atomic mass is 32.2. The molecule has 0 unspecified atom stereocenters. The first-order valence-electron chi connectivity index (χ1n) is 6.30. The first-order valence-corrected chi connectivity index (χ1v) is 7.45. The lowest BCUT2D eigenvalue weighted by atomic mass is 9.79. The van der Waals surface area contributed by atoms with E-state index in [9.17, 15) is 5.11 Å². The van der Waals surface area contributed by atoms with Gasteiger partial charge in [-0.3, -0.25) is 0 Å². The van der Waals surface area contributed by atoms with Gasteiger partial charge in [0.15, 0.2) is 0 Å². The lowest BCUT2D eigenvalue weighted by molar-refractivity contribution is -0.0203. The minimum atomic E-state index is -0.733. The Labute approximate surface area is 113 Å². The zero-order valence-electron chi connectivity index (χ0n) is 11.0. The summed E-state index contributed by atoms with van der Waals surface area (Å²) in [6.07, 6.45) is 0.803. The average Bonchev–Trinajstić information content (AvgIpc) is 2.42. The van der Waals surface area contributed by atoms with E-state index in [1.165, 1.54) is 0 Å². The monoisotopic (exact) mass is 267 g/mol. The first kappa shape index (κ1) is 13.7. The van der Waals surface area contributed by atoms with E-state index in [0.717, 1.165) is 35.8 Å². The molecule has 0 saturated carbocycles. The van der Waals surface area contributed by atoms with E-state index in [1.54, 1.807) is 7.11 Å². The van der Waals surface area contributed by atoms with Crippen LogP contribution in [0.3, 0.4) is 0 Å². The Balaban J connectivity index is 2.30. The second-order valence-electron chi connectivity index (χ2n) is 4.74.